The number of nitrogens with zero attached hydrogens (tertiary/aromatic N) is 2. The summed E-state index contributed by atoms with van der Waals surface area (Å²) < 4.78 is 13.4. The maximum absolute atomic E-state index is 13.4. The van der Waals surface area contributed by atoms with Crippen LogP contribution in [0, 0.1) is 5.82 Å². The van der Waals surface area contributed by atoms with Gasteiger partial charge in [0.15, 0.2) is 0 Å². The number of halogens is 1. The summed E-state index contributed by atoms with van der Waals surface area (Å²) in [6.45, 7) is 0. The molecule has 2 aromatic rings. The smallest absolute Gasteiger partial charge is 0.257 e. The van der Waals surface area contributed by atoms with Crippen LogP contribution < -0.4 is 11.1 Å². The summed E-state index contributed by atoms with van der Waals surface area (Å²) >= 11 is 4.72. The van der Waals surface area contributed by atoms with Crippen molar-refractivity contribution in [2.24, 2.45) is 5.73 Å². The maximum atomic E-state index is 13.4. The first-order valence-corrected chi connectivity index (χ1v) is 5.66. The number of carbonyl (C=O) groups excluding carboxylic acids is 1. The van der Waals surface area contributed by atoms with Gasteiger partial charge in [-0.1, -0.05) is 12.2 Å². The van der Waals surface area contributed by atoms with Gasteiger partial charge in [0, 0.05) is 11.3 Å². The Morgan fingerprint density at radius 1 is 1.32 bits per heavy atom. The molecule has 7 heteroatoms. The number of anilines is 1. The molecule has 0 aliphatic heterocycles. The van der Waals surface area contributed by atoms with Crippen molar-refractivity contribution in [3.8, 4) is 0 Å². The van der Waals surface area contributed by atoms with Gasteiger partial charge in [-0.3, -0.25) is 4.79 Å². The van der Waals surface area contributed by atoms with Crippen molar-refractivity contribution < 1.29 is 9.18 Å². The molecule has 0 saturated carbocycles. The Kier molecular flexibility index (Phi) is 3.76. The van der Waals surface area contributed by atoms with Crippen LogP contribution in [0.5, 0.6) is 0 Å². The monoisotopic (exact) mass is 276 g/mol. The zero-order chi connectivity index (χ0) is 13.8. The fourth-order valence-corrected chi connectivity index (χ4v) is 1.58. The molecule has 0 fully saturated rings. The van der Waals surface area contributed by atoms with Gasteiger partial charge in [-0.2, -0.15) is 10.2 Å². The van der Waals surface area contributed by atoms with Crippen LogP contribution in [0.2, 0.25) is 0 Å². The third-order valence-corrected chi connectivity index (χ3v) is 2.56. The number of nitrogens with two attached hydrogens (primary N) is 1. The molecule has 1 heterocycles. The lowest BCUT2D eigenvalue weighted by atomic mass is 10.2. The van der Waals surface area contributed by atoms with Crippen LogP contribution >= 0.6 is 12.2 Å². The molecular formula is C12H9FN4OS. The van der Waals surface area contributed by atoms with E-state index in [1.165, 1.54) is 36.7 Å². The lowest BCUT2D eigenvalue weighted by Crippen LogP contribution is -2.15. The SMILES string of the molecule is NC(=S)c1cc(NC(=O)c2ccnnc2)ccc1F. The minimum absolute atomic E-state index is 0.0702. The van der Waals surface area contributed by atoms with Crippen molar-refractivity contribution in [1.29, 1.82) is 0 Å². The van der Waals surface area contributed by atoms with Crippen molar-refractivity contribution >= 4 is 28.8 Å². The van der Waals surface area contributed by atoms with Crippen LogP contribution in [0.4, 0.5) is 10.1 Å². The van der Waals surface area contributed by atoms with Gasteiger partial charge >= 0.3 is 0 Å². The number of benzene rings is 1. The predicted octanol–water partition coefficient (Wildman–Crippen LogP) is 1.50. The molecule has 0 saturated heterocycles. The topological polar surface area (TPSA) is 80.9 Å². The van der Waals surface area contributed by atoms with Gasteiger partial charge in [-0.15, -0.1) is 0 Å². The molecule has 5 nitrogen and oxygen atoms in total. The van der Waals surface area contributed by atoms with E-state index < -0.39 is 5.82 Å². The number of aromatic nitrogens is 2. The Labute approximate surface area is 113 Å². The van der Waals surface area contributed by atoms with Gasteiger partial charge < -0.3 is 11.1 Å². The predicted molar refractivity (Wildman–Crippen MR) is 72.3 cm³/mol. The number of carbonyl (C=O) groups is 1. The van der Waals surface area contributed by atoms with E-state index in [4.69, 9.17) is 18.0 Å². The fourth-order valence-electron chi connectivity index (χ4n) is 1.42. The first kappa shape index (κ1) is 13.0. The normalized spacial score (nSPS) is 9.95. The van der Waals surface area contributed by atoms with Crippen molar-refractivity contribution in [2.75, 3.05) is 5.32 Å². The van der Waals surface area contributed by atoms with E-state index >= 15 is 0 Å². The lowest BCUT2D eigenvalue weighted by molar-refractivity contribution is 0.102. The average molecular weight is 276 g/mol. The fraction of sp³-hybridized carbons (Fsp3) is 0. The van der Waals surface area contributed by atoms with Gasteiger partial charge in [-0.05, 0) is 24.3 Å². The van der Waals surface area contributed by atoms with E-state index in [2.05, 4.69) is 15.5 Å². The Morgan fingerprint density at radius 2 is 2.11 bits per heavy atom. The van der Waals surface area contributed by atoms with E-state index in [1.807, 2.05) is 0 Å². The summed E-state index contributed by atoms with van der Waals surface area (Å²) in [5.41, 5.74) is 6.21. The van der Waals surface area contributed by atoms with Crippen LogP contribution in [0.25, 0.3) is 0 Å². The highest BCUT2D eigenvalue weighted by Gasteiger charge is 2.09. The minimum atomic E-state index is -0.531. The number of hydrogen-bond donors (Lipinski definition) is 2. The van der Waals surface area contributed by atoms with Crippen LogP contribution in [0.3, 0.4) is 0 Å². The molecule has 0 aliphatic rings. The highest BCUT2D eigenvalue weighted by atomic mass is 32.1. The molecule has 0 radical (unpaired) electrons. The number of thiocarbonyl (C=S) groups is 1. The first-order chi connectivity index (χ1) is 9.08. The molecule has 0 bridgehead atoms. The van der Waals surface area contributed by atoms with Gasteiger partial charge in [-0.25, -0.2) is 4.39 Å². The zero-order valence-corrected chi connectivity index (χ0v) is 10.4. The Hall–Kier alpha value is -2.41. The van der Waals surface area contributed by atoms with E-state index in [0.717, 1.165) is 0 Å². The van der Waals surface area contributed by atoms with Gasteiger partial charge in [0.2, 0.25) is 0 Å². The molecule has 0 spiro atoms. The van der Waals surface area contributed by atoms with E-state index in [-0.39, 0.29) is 16.5 Å². The van der Waals surface area contributed by atoms with E-state index in [9.17, 15) is 9.18 Å². The summed E-state index contributed by atoms with van der Waals surface area (Å²) in [4.78, 5) is 11.8. The van der Waals surface area contributed by atoms with Crippen molar-refractivity contribution in [1.82, 2.24) is 10.2 Å². The molecule has 2 rings (SSSR count). The maximum Gasteiger partial charge on any atom is 0.257 e. The molecule has 1 aromatic carbocycles. The summed E-state index contributed by atoms with van der Waals surface area (Å²) in [5, 5.41) is 9.76. The molecule has 96 valence electrons. The van der Waals surface area contributed by atoms with Crippen molar-refractivity contribution in [3.05, 3.63) is 53.6 Å². The quantitative estimate of drug-likeness (QED) is 0.830. The van der Waals surface area contributed by atoms with Crippen LogP contribution in [0.1, 0.15) is 15.9 Å². The molecule has 1 amide bonds. The third-order valence-electron chi connectivity index (χ3n) is 2.34. The van der Waals surface area contributed by atoms with E-state index in [0.29, 0.717) is 11.3 Å². The second-order valence-corrected chi connectivity index (χ2v) is 4.08. The van der Waals surface area contributed by atoms with Gasteiger partial charge in [0.05, 0.1) is 18.0 Å². The van der Waals surface area contributed by atoms with Gasteiger partial charge in [0.25, 0.3) is 5.91 Å². The minimum Gasteiger partial charge on any atom is -0.389 e. The molecular weight excluding hydrogens is 267 g/mol. The number of rotatable bonds is 3. The number of amides is 1. The van der Waals surface area contributed by atoms with Crippen LogP contribution in [-0.4, -0.2) is 21.1 Å². The Bertz CT molecular complexity index is 633. The molecule has 3 N–H and O–H groups in total. The summed E-state index contributed by atoms with van der Waals surface area (Å²) in [6.07, 6.45) is 2.73. The zero-order valence-electron chi connectivity index (χ0n) is 9.63. The first-order valence-electron chi connectivity index (χ1n) is 5.25. The van der Waals surface area contributed by atoms with Crippen molar-refractivity contribution in [2.45, 2.75) is 0 Å². The van der Waals surface area contributed by atoms with Crippen LogP contribution in [-0.2, 0) is 0 Å². The Balaban J connectivity index is 2.23. The Morgan fingerprint density at radius 3 is 2.74 bits per heavy atom. The highest BCUT2D eigenvalue weighted by molar-refractivity contribution is 7.80. The standard InChI is InChI=1S/C12H9FN4OS/c13-10-2-1-8(5-9(10)11(14)19)17-12(18)7-3-4-15-16-6-7/h1-6H,(H2,14,19)(H,17,18). The molecule has 0 aliphatic carbocycles. The molecule has 0 unspecified atom stereocenters. The third kappa shape index (κ3) is 3.08. The summed E-state index contributed by atoms with van der Waals surface area (Å²) in [7, 11) is 0. The molecule has 1 aromatic heterocycles. The number of nitrogens with one attached hydrogen (secondary N) is 1. The molecule has 19 heavy (non-hydrogen) atoms. The van der Waals surface area contributed by atoms with Crippen molar-refractivity contribution in [3.63, 3.8) is 0 Å². The number of hydrogen-bond acceptors (Lipinski definition) is 4. The highest BCUT2D eigenvalue weighted by Crippen LogP contribution is 2.15. The second kappa shape index (κ2) is 5.49. The average Bonchev–Trinajstić information content (AvgIpc) is 2.41. The molecule has 0 atom stereocenters. The van der Waals surface area contributed by atoms with Gasteiger partial charge in [0.1, 0.15) is 10.8 Å². The summed E-state index contributed by atoms with van der Waals surface area (Å²) in [6, 6.07) is 5.50. The van der Waals surface area contributed by atoms with Crippen LogP contribution in [0.15, 0.2) is 36.7 Å². The van der Waals surface area contributed by atoms with E-state index in [1.54, 1.807) is 0 Å². The summed E-state index contributed by atoms with van der Waals surface area (Å²) in [5.74, 6) is -0.911. The lowest BCUT2D eigenvalue weighted by Gasteiger charge is -2.07. The second-order valence-electron chi connectivity index (χ2n) is 3.64. The largest absolute Gasteiger partial charge is 0.389 e.